The van der Waals surface area contributed by atoms with Crippen molar-refractivity contribution in [2.24, 2.45) is 0 Å². The molecule has 0 aromatic heterocycles. The number of carbonyl (C=O) groups excluding carboxylic acids is 3. The van der Waals surface area contributed by atoms with Crippen LogP contribution in [0.1, 0.15) is 64.1 Å². The fourth-order valence-corrected chi connectivity index (χ4v) is 4.65. The second kappa shape index (κ2) is 15.6. The summed E-state index contributed by atoms with van der Waals surface area (Å²) in [5, 5.41) is 16.5. The Bertz CT molecular complexity index is 1340. The molecule has 3 aromatic carbocycles. The standard InChI is InChI=1S/C34H43N3O6/c1-6-7-13-22-37(32(40)28(23-24-14-9-8-10-15-24)36-33(41)43-34(2,3)4)30(27-16-11-12-17-29(27)38)31(39)35-25-18-20-26(42-5)21-19-25/h8-12,14-21,28,30,38H,6-7,13,22-23H2,1-5H3,(H,35,39)(H,36,41). The Balaban J connectivity index is 2.06. The van der Waals surface area contributed by atoms with Crippen LogP contribution in [0.15, 0.2) is 78.9 Å². The molecule has 0 heterocycles. The van der Waals surface area contributed by atoms with Crippen molar-refractivity contribution in [1.82, 2.24) is 10.2 Å². The Morgan fingerprint density at radius 3 is 2.16 bits per heavy atom. The molecule has 230 valence electrons. The second-order valence-corrected chi connectivity index (χ2v) is 11.3. The molecule has 0 saturated carbocycles. The lowest BCUT2D eigenvalue weighted by Crippen LogP contribution is -2.53. The molecule has 3 N–H and O–H groups in total. The van der Waals surface area contributed by atoms with Gasteiger partial charge in [0.25, 0.3) is 5.91 Å². The SMILES string of the molecule is CCCCCN(C(=O)C(Cc1ccccc1)NC(=O)OC(C)(C)C)C(C(=O)Nc1ccc(OC)cc1)c1ccccc1O. The maximum Gasteiger partial charge on any atom is 0.408 e. The molecule has 3 rings (SSSR count). The van der Waals surface area contributed by atoms with E-state index >= 15 is 0 Å². The zero-order chi connectivity index (χ0) is 31.4. The van der Waals surface area contributed by atoms with Gasteiger partial charge in [0.15, 0.2) is 0 Å². The van der Waals surface area contributed by atoms with Gasteiger partial charge in [-0.1, -0.05) is 68.3 Å². The van der Waals surface area contributed by atoms with E-state index in [0.29, 0.717) is 17.9 Å². The lowest BCUT2D eigenvalue weighted by Gasteiger charge is -2.35. The van der Waals surface area contributed by atoms with Crippen LogP contribution in [0.5, 0.6) is 11.5 Å². The van der Waals surface area contributed by atoms with Gasteiger partial charge in [0.05, 0.1) is 7.11 Å². The molecule has 3 aromatic rings. The Hall–Kier alpha value is -4.53. The number of hydrogen-bond acceptors (Lipinski definition) is 6. The maximum atomic E-state index is 14.5. The summed E-state index contributed by atoms with van der Waals surface area (Å²) < 4.78 is 10.7. The normalized spacial score (nSPS) is 12.5. The van der Waals surface area contributed by atoms with Crippen LogP contribution in [-0.2, 0) is 20.7 Å². The molecule has 0 radical (unpaired) electrons. The third kappa shape index (κ3) is 10.1. The number of carbonyl (C=O) groups is 3. The molecule has 3 amide bonds. The number of hydrogen-bond donors (Lipinski definition) is 3. The summed E-state index contributed by atoms with van der Waals surface area (Å²) in [5.41, 5.74) is 0.822. The Morgan fingerprint density at radius 1 is 0.907 bits per heavy atom. The van der Waals surface area contributed by atoms with E-state index in [1.807, 2.05) is 37.3 Å². The van der Waals surface area contributed by atoms with Crippen molar-refractivity contribution in [3.8, 4) is 11.5 Å². The maximum absolute atomic E-state index is 14.5. The summed E-state index contributed by atoms with van der Waals surface area (Å²) in [7, 11) is 1.55. The highest BCUT2D eigenvalue weighted by molar-refractivity contribution is 5.99. The molecule has 2 atom stereocenters. The average molecular weight is 590 g/mol. The van der Waals surface area contributed by atoms with Crippen LogP contribution >= 0.6 is 0 Å². The summed E-state index contributed by atoms with van der Waals surface area (Å²) in [6.45, 7) is 7.51. The van der Waals surface area contributed by atoms with Crippen LogP contribution in [-0.4, -0.2) is 53.2 Å². The highest BCUT2D eigenvalue weighted by atomic mass is 16.6. The van der Waals surface area contributed by atoms with Crippen molar-refractivity contribution in [2.75, 3.05) is 19.0 Å². The number of phenolic OH excluding ortho intramolecular Hbond substituents is 1. The number of para-hydroxylation sites is 1. The molecule has 0 saturated heterocycles. The van der Waals surface area contributed by atoms with Gasteiger partial charge in [-0.15, -0.1) is 0 Å². The van der Waals surface area contributed by atoms with E-state index in [-0.39, 0.29) is 24.3 Å². The molecule has 9 nitrogen and oxygen atoms in total. The predicted octanol–water partition coefficient (Wildman–Crippen LogP) is 6.24. The van der Waals surface area contributed by atoms with E-state index in [4.69, 9.17) is 9.47 Å². The van der Waals surface area contributed by atoms with Gasteiger partial charge in [-0.3, -0.25) is 9.59 Å². The van der Waals surface area contributed by atoms with Crippen molar-refractivity contribution in [1.29, 1.82) is 0 Å². The summed E-state index contributed by atoms with van der Waals surface area (Å²) >= 11 is 0. The van der Waals surface area contributed by atoms with Crippen molar-refractivity contribution in [3.05, 3.63) is 90.0 Å². The molecule has 0 aliphatic rings. The number of alkyl carbamates (subject to hydrolysis) is 1. The highest BCUT2D eigenvalue weighted by Crippen LogP contribution is 2.31. The molecule has 0 fully saturated rings. The lowest BCUT2D eigenvalue weighted by atomic mass is 9.99. The fraction of sp³-hybridized carbons (Fsp3) is 0.382. The third-order valence-electron chi connectivity index (χ3n) is 6.71. The first-order chi connectivity index (χ1) is 20.5. The van der Waals surface area contributed by atoms with E-state index in [2.05, 4.69) is 10.6 Å². The summed E-state index contributed by atoms with van der Waals surface area (Å²) in [5.74, 6) is -0.467. The zero-order valence-corrected chi connectivity index (χ0v) is 25.6. The van der Waals surface area contributed by atoms with Gasteiger partial charge in [0.2, 0.25) is 5.91 Å². The van der Waals surface area contributed by atoms with E-state index in [0.717, 1.165) is 18.4 Å². The average Bonchev–Trinajstić information content (AvgIpc) is 2.97. The first-order valence-electron chi connectivity index (χ1n) is 14.6. The molecule has 2 unspecified atom stereocenters. The number of nitrogens with zero attached hydrogens (tertiary/aromatic N) is 1. The van der Waals surface area contributed by atoms with Gasteiger partial charge >= 0.3 is 6.09 Å². The van der Waals surface area contributed by atoms with Crippen LogP contribution in [0.25, 0.3) is 0 Å². The smallest absolute Gasteiger partial charge is 0.408 e. The van der Waals surface area contributed by atoms with Gasteiger partial charge in [-0.05, 0) is 63.1 Å². The molecule has 9 heteroatoms. The van der Waals surface area contributed by atoms with Crippen LogP contribution in [0.4, 0.5) is 10.5 Å². The van der Waals surface area contributed by atoms with Crippen LogP contribution in [0.2, 0.25) is 0 Å². The molecule has 43 heavy (non-hydrogen) atoms. The van der Waals surface area contributed by atoms with Crippen molar-refractivity contribution >= 4 is 23.6 Å². The van der Waals surface area contributed by atoms with E-state index < -0.39 is 35.6 Å². The Morgan fingerprint density at radius 2 is 1.56 bits per heavy atom. The number of unbranched alkanes of at least 4 members (excludes halogenated alkanes) is 2. The summed E-state index contributed by atoms with van der Waals surface area (Å²) in [4.78, 5) is 42.9. The predicted molar refractivity (Wildman–Crippen MR) is 167 cm³/mol. The van der Waals surface area contributed by atoms with Gasteiger partial charge in [-0.2, -0.15) is 0 Å². The van der Waals surface area contributed by atoms with Crippen LogP contribution in [0, 0.1) is 0 Å². The quantitative estimate of drug-likeness (QED) is 0.203. The second-order valence-electron chi connectivity index (χ2n) is 11.3. The van der Waals surface area contributed by atoms with Gasteiger partial charge in [-0.25, -0.2) is 4.79 Å². The molecule has 0 spiro atoms. The Labute approximate surface area is 254 Å². The van der Waals surface area contributed by atoms with Gasteiger partial charge < -0.3 is 30.1 Å². The molecular formula is C34H43N3O6. The summed E-state index contributed by atoms with van der Waals surface area (Å²) in [6, 6.07) is 20.4. The topological polar surface area (TPSA) is 117 Å². The minimum absolute atomic E-state index is 0.120. The fourth-order valence-electron chi connectivity index (χ4n) is 4.65. The number of ether oxygens (including phenoxy) is 2. The monoisotopic (exact) mass is 589 g/mol. The molecule has 0 aliphatic carbocycles. The van der Waals surface area contributed by atoms with Gasteiger partial charge in [0, 0.05) is 24.2 Å². The third-order valence-corrected chi connectivity index (χ3v) is 6.71. The minimum Gasteiger partial charge on any atom is -0.508 e. The first kappa shape index (κ1) is 33.0. The lowest BCUT2D eigenvalue weighted by molar-refractivity contribution is -0.141. The molecule has 0 aliphatic heterocycles. The van der Waals surface area contributed by atoms with Crippen LogP contribution < -0.4 is 15.4 Å². The molecule has 0 bridgehead atoms. The minimum atomic E-state index is -1.19. The number of methoxy groups -OCH3 is 1. The number of amides is 3. The van der Waals surface area contributed by atoms with E-state index in [1.54, 1.807) is 70.3 Å². The van der Waals surface area contributed by atoms with Crippen molar-refractivity contribution in [2.45, 2.75) is 71.1 Å². The Kier molecular flexibility index (Phi) is 12.0. The van der Waals surface area contributed by atoms with Gasteiger partial charge in [0.1, 0.15) is 29.2 Å². The largest absolute Gasteiger partial charge is 0.508 e. The number of phenols is 1. The van der Waals surface area contributed by atoms with Crippen molar-refractivity contribution < 1.29 is 29.0 Å². The zero-order valence-electron chi connectivity index (χ0n) is 25.6. The highest BCUT2D eigenvalue weighted by Gasteiger charge is 2.37. The van der Waals surface area contributed by atoms with E-state index in [9.17, 15) is 19.5 Å². The number of aromatic hydroxyl groups is 1. The first-order valence-corrected chi connectivity index (χ1v) is 14.6. The van der Waals surface area contributed by atoms with Crippen molar-refractivity contribution in [3.63, 3.8) is 0 Å². The number of nitrogens with one attached hydrogen (secondary N) is 2. The number of rotatable bonds is 13. The summed E-state index contributed by atoms with van der Waals surface area (Å²) in [6.07, 6.45) is 1.77. The number of anilines is 1. The van der Waals surface area contributed by atoms with Crippen LogP contribution in [0.3, 0.4) is 0 Å². The molecular weight excluding hydrogens is 546 g/mol. The van der Waals surface area contributed by atoms with E-state index in [1.165, 1.54) is 11.0 Å². The number of benzene rings is 3.